The summed E-state index contributed by atoms with van der Waals surface area (Å²) < 4.78 is 58.2. The van der Waals surface area contributed by atoms with Gasteiger partial charge in [-0.05, 0) is 13.0 Å². The van der Waals surface area contributed by atoms with E-state index < -0.39 is 23.9 Å². The van der Waals surface area contributed by atoms with Crippen molar-refractivity contribution >= 4 is 16.7 Å². The van der Waals surface area contributed by atoms with Gasteiger partial charge in [-0.25, -0.2) is 29.0 Å². The van der Waals surface area contributed by atoms with Crippen molar-refractivity contribution in [3.05, 3.63) is 60.5 Å². The summed E-state index contributed by atoms with van der Waals surface area (Å²) in [7, 11) is 1.47. The number of halogens is 4. The number of nitrogens with one attached hydrogen (secondary N) is 1. The third kappa shape index (κ3) is 4.09. The molecule has 0 aliphatic heterocycles. The molecule has 12 heteroatoms. The van der Waals surface area contributed by atoms with E-state index in [9.17, 15) is 17.6 Å². The van der Waals surface area contributed by atoms with Crippen LogP contribution in [0, 0.1) is 5.82 Å². The number of hydrogen-bond donors (Lipinski definition) is 1. The van der Waals surface area contributed by atoms with Gasteiger partial charge in [0.15, 0.2) is 5.82 Å². The first-order chi connectivity index (χ1) is 14.8. The van der Waals surface area contributed by atoms with E-state index in [0.29, 0.717) is 33.7 Å². The van der Waals surface area contributed by atoms with Gasteiger partial charge in [0.1, 0.15) is 23.4 Å². The number of alkyl halides is 3. The molecule has 0 radical (unpaired) electrons. The van der Waals surface area contributed by atoms with E-state index in [1.54, 1.807) is 19.1 Å². The van der Waals surface area contributed by atoms with Gasteiger partial charge in [0.05, 0.1) is 31.2 Å². The zero-order valence-electron chi connectivity index (χ0n) is 16.2. The van der Waals surface area contributed by atoms with E-state index in [1.165, 1.54) is 24.3 Å². The molecule has 0 unspecified atom stereocenters. The van der Waals surface area contributed by atoms with Crippen LogP contribution in [-0.4, -0.2) is 36.8 Å². The molecule has 0 saturated carbocycles. The number of methoxy groups -OCH3 is 1. The normalized spacial score (nSPS) is 12.7. The molecular weight excluding hydrogens is 418 g/mol. The summed E-state index contributed by atoms with van der Waals surface area (Å²) in [6.45, 7) is 1.73. The zero-order valence-corrected chi connectivity index (χ0v) is 16.2. The maximum atomic E-state index is 13.4. The van der Waals surface area contributed by atoms with Crippen LogP contribution >= 0.6 is 0 Å². The standard InChI is InChI=1S/C19H15F4N7O/c1-10(11-5-24-18(25-6-11)19(21,22)23)29-17-14-3-13(30-8-12(20)7-28-30)4-15(31-2)16(14)26-9-27-17/h3-10H,1-2H3,(H,26,27,29)/t10-/m1/s1. The molecule has 0 saturated heterocycles. The van der Waals surface area contributed by atoms with Crippen molar-refractivity contribution in [3.8, 4) is 11.4 Å². The van der Waals surface area contributed by atoms with E-state index in [0.717, 1.165) is 18.6 Å². The second-order valence-electron chi connectivity index (χ2n) is 6.57. The summed E-state index contributed by atoms with van der Waals surface area (Å²) in [4.78, 5) is 15.2. The molecule has 0 fully saturated rings. The largest absolute Gasteiger partial charge is 0.494 e. The molecule has 1 atom stereocenters. The van der Waals surface area contributed by atoms with Gasteiger partial charge in [0.25, 0.3) is 0 Å². The average molecular weight is 433 g/mol. The van der Waals surface area contributed by atoms with Gasteiger partial charge < -0.3 is 10.1 Å². The highest BCUT2D eigenvalue weighted by atomic mass is 19.4. The summed E-state index contributed by atoms with van der Waals surface area (Å²) in [5, 5.41) is 7.62. The van der Waals surface area contributed by atoms with Crippen LogP contribution in [0.2, 0.25) is 0 Å². The first kappa shape index (κ1) is 20.4. The molecule has 4 aromatic rings. The van der Waals surface area contributed by atoms with Crippen molar-refractivity contribution in [1.82, 2.24) is 29.7 Å². The second kappa shape index (κ2) is 7.78. The molecule has 1 aromatic carbocycles. The minimum atomic E-state index is -4.61. The summed E-state index contributed by atoms with van der Waals surface area (Å²) in [6.07, 6.45) is 1.21. The Kier molecular flexibility index (Phi) is 5.13. The third-order valence-corrected chi connectivity index (χ3v) is 4.50. The van der Waals surface area contributed by atoms with Crippen molar-refractivity contribution < 1.29 is 22.3 Å². The number of ether oxygens (including phenoxy) is 1. The van der Waals surface area contributed by atoms with E-state index in [-0.39, 0.29) is 0 Å². The van der Waals surface area contributed by atoms with Gasteiger partial charge in [-0.1, -0.05) is 0 Å². The number of rotatable bonds is 5. The molecule has 3 heterocycles. The molecule has 0 aliphatic rings. The second-order valence-corrected chi connectivity index (χ2v) is 6.57. The molecule has 3 aromatic heterocycles. The highest BCUT2D eigenvalue weighted by molar-refractivity contribution is 5.94. The van der Waals surface area contributed by atoms with Gasteiger partial charge in [0, 0.05) is 29.4 Å². The van der Waals surface area contributed by atoms with Crippen LogP contribution < -0.4 is 10.1 Å². The third-order valence-electron chi connectivity index (χ3n) is 4.50. The van der Waals surface area contributed by atoms with Crippen molar-refractivity contribution in [2.45, 2.75) is 19.1 Å². The van der Waals surface area contributed by atoms with Crippen LogP contribution in [0.5, 0.6) is 5.75 Å². The summed E-state index contributed by atoms with van der Waals surface area (Å²) in [6, 6.07) is 2.87. The summed E-state index contributed by atoms with van der Waals surface area (Å²) in [5.74, 6) is -0.904. The molecule has 0 bridgehead atoms. The lowest BCUT2D eigenvalue weighted by Gasteiger charge is -2.17. The fourth-order valence-electron chi connectivity index (χ4n) is 2.96. The van der Waals surface area contributed by atoms with Gasteiger partial charge >= 0.3 is 6.18 Å². The Morgan fingerprint density at radius 2 is 1.81 bits per heavy atom. The Balaban J connectivity index is 1.71. The highest BCUT2D eigenvalue weighted by Gasteiger charge is 2.34. The molecule has 8 nitrogen and oxygen atoms in total. The lowest BCUT2D eigenvalue weighted by atomic mass is 10.1. The van der Waals surface area contributed by atoms with Crippen LogP contribution in [0.1, 0.15) is 24.4 Å². The number of benzene rings is 1. The Labute approximate surface area is 172 Å². The molecule has 0 spiro atoms. The Bertz CT molecular complexity index is 1220. The minimum absolute atomic E-state index is 0.394. The topological polar surface area (TPSA) is 90.6 Å². The Hall–Kier alpha value is -3.83. The maximum absolute atomic E-state index is 13.4. The first-order valence-corrected chi connectivity index (χ1v) is 8.95. The molecule has 0 aliphatic carbocycles. The van der Waals surface area contributed by atoms with E-state index in [1.807, 2.05) is 0 Å². The van der Waals surface area contributed by atoms with Crippen LogP contribution in [0.25, 0.3) is 16.6 Å². The molecule has 160 valence electrons. The number of hydrogen-bond acceptors (Lipinski definition) is 7. The molecule has 4 rings (SSSR count). The predicted octanol–water partition coefficient (Wildman–Crippen LogP) is 3.95. The maximum Gasteiger partial charge on any atom is 0.451 e. The fraction of sp³-hybridized carbons (Fsp3) is 0.211. The van der Waals surface area contributed by atoms with Crippen molar-refractivity contribution in [2.75, 3.05) is 12.4 Å². The Morgan fingerprint density at radius 1 is 1.06 bits per heavy atom. The predicted molar refractivity (Wildman–Crippen MR) is 102 cm³/mol. The van der Waals surface area contributed by atoms with Crippen LogP contribution in [0.3, 0.4) is 0 Å². The lowest BCUT2D eigenvalue weighted by Crippen LogP contribution is -2.14. The highest BCUT2D eigenvalue weighted by Crippen LogP contribution is 2.32. The fourth-order valence-corrected chi connectivity index (χ4v) is 2.96. The summed E-state index contributed by atoms with van der Waals surface area (Å²) >= 11 is 0. The van der Waals surface area contributed by atoms with Gasteiger partial charge in [-0.2, -0.15) is 18.3 Å². The smallest absolute Gasteiger partial charge is 0.451 e. The van der Waals surface area contributed by atoms with Crippen LogP contribution in [0.4, 0.5) is 23.4 Å². The van der Waals surface area contributed by atoms with E-state index in [2.05, 4.69) is 30.4 Å². The SMILES string of the molecule is COc1cc(-n2cc(F)cn2)cc2c(N[C@H](C)c3cnc(C(F)(F)F)nc3)ncnc12. The molecular formula is C19H15F4N7O. The van der Waals surface area contributed by atoms with Crippen LogP contribution in [0.15, 0.2) is 43.2 Å². The van der Waals surface area contributed by atoms with Crippen molar-refractivity contribution in [3.63, 3.8) is 0 Å². The van der Waals surface area contributed by atoms with Crippen molar-refractivity contribution in [2.24, 2.45) is 0 Å². The molecule has 1 N–H and O–H groups in total. The van der Waals surface area contributed by atoms with Gasteiger partial charge in [-0.3, -0.25) is 0 Å². The number of aromatic nitrogens is 6. The lowest BCUT2D eigenvalue weighted by molar-refractivity contribution is -0.145. The minimum Gasteiger partial charge on any atom is -0.494 e. The quantitative estimate of drug-likeness (QED) is 0.477. The first-order valence-electron chi connectivity index (χ1n) is 8.95. The summed E-state index contributed by atoms with van der Waals surface area (Å²) in [5.41, 5.74) is 1.43. The number of fused-ring (bicyclic) bond motifs is 1. The monoisotopic (exact) mass is 433 g/mol. The van der Waals surface area contributed by atoms with Gasteiger partial charge in [0.2, 0.25) is 5.82 Å². The molecule has 31 heavy (non-hydrogen) atoms. The number of anilines is 1. The van der Waals surface area contributed by atoms with Crippen molar-refractivity contribution in [1.29, 1.82) is 0 Å². The van der Waals surface area contributed by atoms with E-state index >= 15 is 0 Å². The van der Waals surface area contributed by atoms with E-state index in [4.69, 9.17) is 4.74 Å². The Morgan fingerprint density at radius 3 is 2.42 bits per heavy atom. The van der Waals surface area contributed by atoms with Gasteiger partial charge in [-0.15, -0.1) is 0 Å². The average Bonchev–Trinajstić information content (AvgIpc) is 3.19. The zero-order chi connectivity index (χ0) is 22.2. The number of nitrogens with zero attached hydrogens (tertiary/aromatic N) is 6. The van der Waals surface area contributed by atoms with Crippen LogP contribution in [-0.2, 0) is 6.18 Å². The molecule has 0 amide bonds.